The highest BCUT2D eigenvalue weighted by Gasteiger charge is 2.22. The van der Waals surface area contributed by atoms with E-state index in [1.54, 1.807) is 0 Å². The van der Waals surface area contributed by atoms with Crippen LogP contribution in [0, 0.1) is 0 Å². The molecule has 8 aromatic carbocycles. The predicted octanol–water partition coefficient (Wildman–Crippen LogP) is 14.5. The largest absolute Gasteiger partial charge is 0.309 e. The number of aromatic nitrogens is 6. The zero-order valence-electron chi connectivity index (χ0n) is 33.7. The molecule has 0 amide bonds. The van der Waals surface area contributed by atoms with Gasteiger partial charge < -0.3 is 4.57 Å². The average molecular weight is 823 g/mol. The van der Waals surface area contributed by atoms with E-state index in [1.165, 1.54) is 36.3 Å². The molecule has 13 rings (SSSR count). The van der Waals surface area contributed by atoms with Crippen molar-refractivity contribution in [1.82, 2.24) is 29.1 Å². The van der Waals surface area contributed by atoms with Gasteiger partial charge in [0.25, 0.3) is 0 Å². The molecule has 0 N–H and O–H groups in total. The van der Waals surface area contributed by atoms with Gasteiger partial charge in [0.15, 0.2) is 17.5 Å². The molecule has 294 valence electrons. The Morgan fingerprint density at radius 2 is 0.937 bits per heavy atom. The van der Waals surface area contributed by atoms with Gasteiger partial charge in [0, 0.05) is 69.7 Å². The summed E-state index contributed by atoms with van der Waals surface area (Å²) < 4.78 is 7.32. The lowest BCUT2D eigenvalue weighted by Gasteiger charge is -2.12. The molecular weight excluding hydrogens is 789 g/mol. The van der Waals surface area contributed by atoms with E-state index in [4.69, 9.17) is 19.9 Å². The van der Waals surface area contributed by atoms with Crippen molar-refractivity contribution in [2.75, 3.05) is 0 Å². The van der Waals surface area contributed by atoms with Crippen LogP contribution in [-0.4, -0.2) is 29.1 Å². The SMILES string of the molecule is c1ccc(-c2nc(-c3ccccc3)nc(-c3cccc(-n4c5ccccc5c5c4ccc4c6ccccc6n(-c6cccc(-c7ccc8sc9ccccc9c8c7)n6)c45)c3)n2)cc1. The van der Waals surface area contributed by atoms with Crippen molar-refractivity contribution in [1.29, 1.82) is 0 Å². The molecule has 0 radical (unpaired) electrons. The lowest BCUT2D eigenvalue weighted by molar-refractivity contribution is 1.07. The summed E-state index contributed by atoms with van der Waals surface area (Å²) in [4.78, 5) is 20.5. The molecule has 0 aliphatic heterocycles. The smallest absolute Gasteiger partial charge is 0.164 e. The second kappa shape index (κ2) is 14.2. The van der Waals surface area contributed by atoms with Crippen molar-refractivity contribution in [2.45, 2.75) is 0 Å². The number of hydrogen-bond acceptors (Lipinski definition) is 5. The maximum atomic E-state index is 5.45. The minimum atomic E-state index is 0.616. The maximum absolute atomic E-state index is 5.45. The molecule has 0 bridgehead atoms. The summed E-state index contributed by atoms with van der Waals surface area (Å²) in [5, 5.41) is 7.24. The summed E-state index contributed by atoms with van der Waals surface area (Å²) >= 11 is 1.84. The topological polar surface area (TPSA) is 61.4 Å². The molecule has 5 heterocycles. The first-order chi connectivity index (χ1) is 31.2. The summed E-state index contributed by atoms with van der Waals surface area (Å²) in [6, 6.07) is 72.5. The number of benzene rings is 8. The molecule has 0 aliphatic rings. The Hall–Kier alpha value is -8.26. The molecule has 0 atom stereocenters. The Labute approximate surface area is 365 Å². The third kappa shape index (κ3) is 5.71. The summed E-state index contributed by atoms with van der Waals surface area (Å²) in [5.41, 5.74) is 10.3. The number of rotatable bonds is 6. The second-order valence-electron chi connectivity index (χ2n) is 15.8. The second-order valence-corrected chi connectivity index (χ2v) is 16.9. The van der Waals surface area contributed by atoms with Crippen LogP contribution in [-0.2, 0) is 0 Å². The van der Waals surface area contributed by atoms with E-state index < -0.39 is 0 Å². The molecular formula is C56H34N6S. The van der Waals surface area contributed by atoms with Gasteiger partial charge in [0.05, 0.1) is 27.8 Å². The minimum Gasteiger partial charge on any atom is -0.309 e. The van der Waals surface area contributed by atoms with Crippen LogP contribution in [0.2, 0.25) is 0 Å². The van der Waals surface area contributed by atoms with Gasteiger partial charge in [-0.3, -0.25) is 4.57 Å². The van der Waals surface area contributed by atoms with E-state index in [1.807, 2.05) is 72.0 Å². The number of thiophene rings is 1. The Morgan fingerprint density at radius 3 is 1.70 bits per heavy atom. The molecule has 5 aromatic heterocycles. The highest BCUT2D eigenvalue weighted by atomic mass is 32.1. The fourth-order valence-electron chi connectivity index (χ4n) is 9.34. The van der Waals surface area contributed by atoms with Gasteiger partial charge in [-0.1, -0.05) is 146 Å². The zero-order valence-corrected chi connectivity index (χ0v) is 34.5. The van der Waals surface area contributed by atoms with Crippen LogP contribution in [0.5, 0.6) is 0 Å². The van der Waals surface area contributed by atoms with Crippen LogP contribution in [0.1, 0.15) is 0 Å². The normalized spacial score (nSPS) is 11.8. The summed E-state index contributed by atoms with van der Waals surface area (Å²) in [5.74, 6) is 2.76. The van der Waals surface area contributed by atoms with E-state index in [0.717, 1.165) is 66.9 Å². The lowest BCUT2D eigenvalue weighted by atomic mass is 10.1. The van der Waals surface area contributed by atoms with Crippen LogP contribution < -0.4 is 0 Å². The molecule has 0 aliphatic carbocycles. The van der Waals surface area contributed by atoms with Gasteiger partial charge in [-0.15, -0.1) is 11.3 Å². The molecule has 0 spiro atoms. The van der Waals surface area contributed by atoms with Crippen LogP contribution in [0.25, 0.3) is 121 Å². The van der Waals surface area contributed by atoms with Crippen LogP contribution in [0.4, 0.5) is 0 Å². The quantitative estimate of drug-likeness (QED) is 0.168. The van der Waals surface area contributed by atoms with Crippen molar-refractivity contribution in [3.63, 3.8) is 0 Å². The first kappa shape index (κ1) is 35.5. The number of fused-ring (bicyclic) bond motifs is 10. The van der Waals surface area contributed by atoms with Gasteiger partial charge in [0.1, 0.15) is 5.82 Å². The zero-order chi connectivity index (χ0) is 41.4. The molecule has 7 heteroatoms. The highest BCUT2D eigenvalue weighted by Crippen LogP contribution is 2.43. The first-order valence-corrected chi connectivity index (χ1v) is 21.9. The van der Waals surface area contributed by atoms with Gasteiger partial charge >= 0.3 is 0 Å². The van der Waals surface area contributed by atoms with E-state index >= 15 is 0 Å². The van der Waals surface area contributed by atoms with Crippen molar-refractivity contribution in [2.24, 2.45) is 0 Å². The predicted molar refractivity (Wildman–Crippen MR) is 261 cm³/mol. The average Bonchev–Trinajstić information content (AvgIpc) is 4.02. The van der Waals surface area contributed by atoms with Crippen molar-refractivity contribution >= 4 is 75.1 Å². The van der Waals surface area contributed by atoms with Crippen molar-refractivity contribution in [3.05, 3.63) is 206 Å². The molecule has 0 unspecified atom stereocenters. The third-order valence-corrected chi connectivity index (χ3v) is 13.3. The third-order valence-electron chi connectivity index (χ3n) is 12.2. The van der Waals surface area contributed by atoms with Crippen molar-refractivity contribution < 1.29 is 0 Å². The first-order valence-electron chi connectivity index (χ1n) is 21.1. The molecule has 0 fully saturated rings. The highest BCUT2D eigenvalue weighted by molar-refractivity contribution is 7.25. The van der Waals surface area contributed by atoms with Crippen LogP contribution in [0.3, 0.4) is 0 Å². The minimum absolute atomic E-state index is 0.616. The van der Waals surface area contributed by atoms with Crippen LogP contribution >= 0.6 is 11.3 Å². The van der Waals surface area contributed by atoms with Gasteiger partial charge in [-0.2, -0.15) is 0 Å². The summed E-state index contributed by atoms with van der Waals surface area (Å²) in [6.45, 7) is 0. The Morgan fingerprint density at radius 1 is 0.333 bits per heavy atom. The number of pyridine rings is 1. The van der Waals surface area contributed by atoms with E-state index in [-0.39, 0.29) is 0 Å². The summed E-state index contributed by atoms with van der Waals surface area (Å²) in [7, 11) is 0. The van der Waals surface area contributed by atoms with Crippen LogP contribution in [0.15, 0.2) is 206 Å². The molecule has 0 saturated heterocycles. The van der Waals surface area contributed by atoms with Gasteiger partial charge in [0.2, 0.25) is 0 Å². The maximum Gasteiger partial charge on any atom is 0.164 e. The standard InChI is InChI=1S/C56H34N6S/c1-3-15-35(16-4-1)54-58-55(36-17-5-2-6-18-36)60-56(59-54)38-19-13-20-39(33-38)61-47-26-11-8-23-43(47)52-48(61)31-30-42-40-21-7-10-25-46(40)62(53(42)52)51-28-14-24-45(57-51)37-29-32-50-44(34-37)41-22-9-12-27-49(41)63-50/h1-34H. The molecule has 6 nitrogen and oxygen atoms in total. The number of hydrogen-bond donors (Lipinski definition) is 0. The monoisotopic (exact) mass is 822 g/mol. The molecule has 13 aromatic rings. The van der Waals surface area contributed by atoms with Gasteiger partial charge in [-0.05, 0) is 60.7 Å². The van der Waals surface area contributed by atoms with E-state index in [2.05, 4.69) is 155 Å². The lowest BCUT2D eigenvalue weighted by Crippen LogP contribution is -2.01. The number of nitrogens with zero attached hydrogens (tertiary/aromatic N) is 6. The fraction of sp³-hybridized carbons (Fsp3) is 0. The fourth-order valence-corrected chi connectivity index (χ4v) is 10.4. The molecule has 0 saturated carbocycles. The van der Waals surface area contributed by atoms with E-state index in [9.17, 15) is 0 Å². The molecule has 63 heavy (non-hydrogen) atoms. The summed E-state index contributed by atoms with van der Waals surface area (Å²) in [6.07, 6.45) is 0. The Bertz CT molecular complexity index is 3860. The van der Waals surface area contributed by atoms with Gasteiger partial charge in [-0.25, -0.2) is 19.9 Å². The Kier molecular flexibility index (Phi) is 7.98. The Balaban J connectivity index is 1.02. The number of para-hydroxylation sites is 2. The van der Waals surface area contributed by atoms with E-state index in [0.29, 0.717) is 17.5 Å². The van der Waals surface area contributed by atoms with Crippen molar-refractivity contribution in [3.8, 4) is 56.9 Å².